The number of nitrogens with zero attached hydrogens (tertiary/aromatic N) is 4. The molecule has 2 aromatic rings. The highest BCUT2D eigenvalue weighted by atomic mass is 19.1. The van der Waals surface area contributed by atoms with Gasteiger partial charge in [-0.25, -0.2) is 14.4 Å². The summed E-state index contributed by atoms with van der Waals surface area (Å²) < 4.78 is 24.5. The van der Waals surface area contributed by atoms with Crippen molar-refractivity contribution in [1.82, 2.24) is 14.9 Å². The van der Waals surface area contributed by atoms with Gasteiger partial charge in [0.25, 0.3) is 5.91 Å². The number of methoxy groups -OCH3 is 1. The molecule has 2 aliphatic rings. The molecule has 0 bridgehead atoms. The van der Waals surface area contributed by atoms with Gasteiger partial charge in [0.15, 0.2) is 11.6 Å². The van der Waals surface area contributed by atoms with Gasteiger partial charge in [-0.1, -0.05) is 0 Å². The van der Waals surface area contributed by atoms with Crippen molar-refractivity contribution in [2.45, 2.75) is 18.9 Å². The second-order valence-electron chi connectivity index (χ2n) is 6.52. The number of anilines is 1. The van der Waals surface area contributed by atoms with Gasteiger partial charge in [0.2, 0.25) is 0 Å². The van der Waals surface area contributed by atoms with Crippen molar-refractivity contribution in [3.63, 3.8) is 0 Å². The Balaban J connectivity index is 1.53. The van der Waals surface area contributed by atoms with Crippen molar-refractivity contribution < 1.29 is 18.7 Å². The summed E-state index contributed by atoms with van der Waals surface area (Å²) in [4.78, 5) is 25.0. The number of carbonyl (C=O) groups excluding carboxylic acids is 1. The first-order valence-electron chi connectivity index (χ1n) is 8.81. The number of halogens is 1. The molecule has 1 amide bonds. The fraction of sp³-hybridized carbons (Fsp3) is 0.500. The Labute approximate surface area is 150 Å². The lowest BCUT2D eigenvalue weighted by atomic mass is 10.1. The van der Waals surface area contributed by atoms with Gasteiger partial charge in [-0.3, -0.25) is 4.79 Å². The molecule has 4 rings (SSSR count). The van der Waals surface area contributed by atoms with Crippen LogP contribution >= 0.6 is 0 Å². The van der Waals surface area contributed by atoms with Crippen LogP contribution in [0.4, 0.5) is 10.2 Å². The van der Waals surface area contributed by atoms with Crippen molar-refractivity contribution in [3.05, 3.63) is 24.3 Å². The SMILES string of the molecule is COc1cc2c(N3CCN(C(=O)C4CCCO4)CC3)ncnc2cc1F. The van der Waals surface area contributed by atoms with Crippen LogP contribution in [0, 0.1) is 5.82 Å². The number of fused-ring (bicyclic) bond motifs is 1. The highest BCUT2D eigenvalue weighted by Crippen LogP contribution is 2.30. The Morgan fingerprint density at radius 2 is 2.08 bits per heavy atom. The van der Waals surface area contributed by atoms with E-state index in [1.807, 2.05) is 4.90 Å². The van der Waals surface area contributed by atoms with Crippen LogP contribution in [0.1, 0.15) is 12.8 Å². The topological polar surface area (TPSA) is 67.8 Å². The molecule has 2 aliphatic heterocycles. The predicted octanol–water partition coefficient (Wildman–Crippen LogP) is 1.61. The molecule has 0 saturated carbocycles. The molecule has 2 fully saturated rings. The van der Waals surface area contributed by atoms with Crippen LogP contribution in [0.15, 0.2) is 18.5 Å². The molecule has 26 heavy (non-hydrogen) atoms. The van der Waals surface area contributed by atoms with Gasteiger partial charge in [0.1, 0.15) is 18.2 Å². The molecule has 0 spiro atoms. The summed E-state index contributed by atoms with van der Waals surface area (Å²) in [5, 5.41) is 0.740. The predicted molar refractivity (Wildman–Crippen MR) is 93.8 cm³/mol. The Hall–Kier alpha value is -2.48. The summed E-state index contributed by atoms with van der Waals surface area (Å²) in [5.74, 6) is 0.535. The van der Waals surface area contributed by atoms with E-state index in [0.717, 1.165) is 24.0 Å². The van der Waals surface area contributed by atoms with Gasteiger partial charge in [-0.2, -0.15) is 0 Å². The number of piperazine rings is 1. The minimum atomic E-state index is -0.448. The van der Waals surface area contributed by atoms with Gasteiger partial charge in [0, 0.05) is 44.2 Å². The molecule has 3 heterocycles. The van der Waals surface area contributed by atoms with Gasteiger partial charge in [-0.15, -0.1) is 0 Å². The van der Waals surface area contributed by atoms with Crippen LogP contribution in [-0.2, 0) is 9.53 Å². The Bertz CT molecular complexity index is 817. The zero-order chi connectivity index (χ0) is 18.1. The molecular formula is C18H21FN4O3. The average Bonchev–Trinajstić information content (AvgIpc) is 3.21. The van der Waals surface area contributed by atoms with E-state index in [1.54, 1.807) is 6.07 Å². The third kappa shape index (κ3) is 3.05. The largest absolute Gasteiger partial charge is 0.494 e. The van der Waals surface area contributed by atoms with Gasteiger partial charge >= 0.3 is 0 Å². The van der Waals surface area contributed by atoms with Crippen LogP contribution in [0.2, 0.25) is 0 Å². The first kappa shape index (κ1) is 17.0. The Morgan fingerprint density at radius 3 is 2.77 bits per heavy atom. The van der Waals surface area contributed by atoms with Crippen molar-refractivity contribution in [2.75, 3.05) is 44.8 Å². The summed E-state index contributed by atoms with van der Waals surface area (Å²) in [6.45, 7) is 3.21. The molecule has 1 aromatic heterocycles. The van der Waals surface area contributed by atoms with Crippen LogP contribution < -0.4 is 9.64 Å². The van der Waals surface area contributed by atoms with E-state index in [0.29, 0.717) is 38.3 Å². The number of hydrogen-bond acceptors (Lipinski definition) is 6. The highest BCUT2D eigenvalue weighted by Gasteiger charge is 2.31. The molecule has 7 nitrogen and oxygen atoms in total. The second kappa shape index (κ2) is 7.03. The summed E-state index contributed by atoms with van der Waals surface area (Å²) >= 11 is 0. The molecule has 8 heteroatoms. The van der Waals surface area contributed by atoms with Crippen LogP contribution in [0.25, 0.3) is 10.9 Å². The van der Waals surface area contributed by atoms with E-state index in [1.165, 1.54) is 19.5 Å². The van der Waals surface area contributed by atoms with Crippen LogP contribution in [0.3, 0.4) is 0 Å². The quantitative estimate of drug-likeness (QED) is 0.828. The van der Waals surface area contributed by atoms with Gasteiger partial charge in [-0.05, 0) is 18.9 Å². The second-order valence-corrected chi connectivity index (χ2v) is 6.52. The summed E-state index contributed by atoms with van der Waals surface area (Å²) in [6, 6.07) is 2.99. The van der Waals surface area contributed by atoms with Gasteiger partial charge in [0.05, 0.1) is 12.6 Å². The number of hydrogen-bond donors (Lipinski definition) is 0. The maximum absolute atomic E-state index is 13.9. The Kier molecular flexibility index (Phi) is 4.58. The smallest absolute Gasteiger partial charge is 0.251 e. The minimum Gasteiger partial charge on any atom is -0.494 e. The van der Waals surface area contributed by atoms with E-state index >= 15 is 0 Å². The van der Waals surface area contributed by atoms with Crippen LogP contribution in [0.5, 0.6) is 5.75 Å². The summed E-state index contributed by atoms with van der Waals surface area (Å²) in [7, 11) is 1.43. The maximum Gasteiger partial charge on any atom is 0.251 e. The Morgan fingerprint density at radius 1 is 1.27 bits per heavy atom. The molecule has 1 aromatic carbocycles. The standard InChI is InChI=1S/C18H21FN4O3/c1-25-16-9-12-14(10-13(16)19)20-11-21-17(12)22-4-6-23(7-5-22)18(24)15-3-2-8-26-15/h9-11,15H,2-8H2,1H3. The minimum absolute atomic E-state index is 0.0819. The molecule has 1 unspecified atom stereocenters. The third-order valence-electron chi connectivity index (χ3n) is 4.98. The molecule has 2 saturated heterocycles. The monoisotopic (exact) mass is 360 g/mol. The van der Waals surface area contributed by atoms with Crippen molar-refractivity contribution >= 4 is 22.6 Å². The van der Waals surface area contributed by atoms with E-state index in [4.69, 9.17) is 9.47 Å². The van der Waals surface area contributed by atoms with E-state index in [2.05, 4.69) is 14.9 Å². The van der Waals surface area contributed by atoms with Crippen molar-refractivity contribution in [2.24, 2.45) is 0 Å². The first-order valence-corrected chi connectivity index (χ1v) is 8.81. The number of benzene rings is 1. The number of carbonyl (C=O) groups is 1. The molecule has 138 valence electrons. The lowest BCUT2D eigenvalue weighted by Crippen LogP contribution is -2.51. The first-order chi connectivity index (χ1) is 12.7. The number of rotatable bonds is 3. The zero-order valence-electron chi connectivity index (χ0n) is 14.7. The fourth-order valence-corrected chi connectivity index (χ4v) is 3.57. The van der Waals surface area contributed by atoms with Gasteiger partial charge < -0.3 is 19.3 Å². The maximum atomic E-state index is 13.9. The van der Waals surface area contributed by atoms with Crippen molar-refractivity contribution in [1.29, 1.82) is 0 Å². The lowest BCUT2D eigenvalue weighted by Gasteiger charge is -2.36. The van der Waals surface area contributed by atoms with E-state index in [9.17, 15) is 9.18 Å². The highest BCUT2D eigenvalue weighted by molar-refractivity contribution is 5.90. The molecule has 0 radical (unpaired) electrons. The zero-order valence-corrected chi connectivity index (χ0v) is 14.7. The summed E-state index contributed by atoms with van der Waals surface area (Å²) in [6.07, 6.45) is 2.91. The average molecular weight is 360 g/mol. The summed E-state index contributed by atoms with van der Waals surface area (Å²) in [5.41, 5.74) is 0.533. The third-order valence-corrected chi connectivity index (χ3v) is 4.98. The van der Waals surface area contributed by atoms with Crippen molar-refractivity contribution in [3.8, 4) is 5.75 Å². The normalized spacial score (nSPS) is 20.6. The lowest BCUT2D eigenvalue weighted by molar-refractivity contribution is -0.141. The van der Waals surface area contributed by atoms with E-state index in [-0.39, 0.29) is 17.8 Å². The molecule has 1 atom stereocenters. The number of amides is 1. The van der Waals surface area contributed by atoms with Crippen LogP contribution in [-0.4, -0.2) is 66.8 Å². The molecule has 0 aliphatic carbocycles. The fourth-order valence-electron chi connectivity index (χ4n) is 3.57. The number of aromatic nitrogens is 2. The molecular weight excluding hydrogens is 339 g/mol. The molecule has 0 N–H and O–H groups in total. The van der Waals surface area contributed by atoms with E-state index < -0.39 is 5.82 Å². The number of ether oxygens (including phenoxy) is 2.